The van der Waals surface area contributed by atoms with Gasteiger partial charge >= 0.3 is 0 Å². The van der Waals surface area contributed by atoms with Crippen molar-refractivity contribution in [3.05, 3.63) is 10.4 Å². The number of azide groups is 1. The molecule has 0 saturated carbocycles. The summed E-state index contributed by atoms with van der Waals surface area (Å²) >= 11 is 0. The summed E-state index contributed by atoms with van der Waals surface area (Å²) in [5.74, 6) is 0. The van der Waals surface area contributed by atoms with Crippen LogP contribution in [0.2, 0.25) is 0 Å². The molecule has 0 aromatic heterocycles. The third-order valence-electron chi connectivity index (χ3n) is 4.31. The molecule has 8 N–H and O–H groups in total. The van der Waals surface area contributed by atoms with Gasteiger partial charge in [0.2, 0.25) is 5.72 Å². The van der Waals surface area contributed by atoms with Crippen molar-refractivity contribution in [1.82, 2.24) is 0 Å². The molecule has 14 heteroatoms. The van der Waals surface area contributed by atoms with Gasteiger partial charge in [-0.25, -0.2) is 0 Å². The van der Waals surface area contributed by atoms with E-state index in [1.54, 1.807) is 0 Å². The van der Waals surface area contributed by atoms with Crippen LogP contribution in [0.25, 0.3) is 10.4 Å². The highest BCUT2D eigenvalue weighted by Gasteiger charge is 2.56. The first-order chi connectivity index (χ1) is 12.2. The van der Waals surface area contributed by atoms with Gasteiger partial charge in [0.15, 0.2) is 12.6 Å². The summed E-state index contributed by atoms with van der Waals surface area (Å²) in [6.07, 6.45) is -15.9. The fourth-order valence-corrected chi connectivity index (χ4v) is 2.81. The normalized spacial score (nSPS) is 49.5. The standard InChI is InChI=1S/C12H21N3O11/c13-15-14-12(23)4(2-17)25-11(7(20)9(12)21)26-8-3(1-16)24-10(22)6(19)5(8)18/h3-11,16-23H,1-2H2/t3-,4-,5-,6-,7-,8-,9+,10-,11-,12+/m1/s1. The van der Waals surface area contributed by atoms with Crippen LogP contribution in [0.1, 0.15) is 0 Å². The summed E-state index contributed by atoms with van der Waals surface area (Å²) in [5, 5.41) is 80.9. The molecule has 2 aliphatic heterocycles. The van der Waals surface area contributed by atoms with E-state index in [2.05, 4.69) is 10.0 Å². The highest BCUT2D eigenvalue weighted by atomic mass is 16.7. The molecule has 150 valence electrons. The lowest BCUT2D eigenvalue weighted by Crippen LogP contribution is -2.68. The van der Waals surface area contributed by atoms with Gasteiger partial charge in [-0.2, -0.15) is 0 Å². The van der Waals surface area contributed by atoms with Crippen molar-refractivity contribution in [1.29, 1.82) is 0 Å². The van der Waals surface area contributed by atoms with E-state index in [4.69, 9.17) is 19.7 Å². The lowest BCUT2D eigenvalue weighted by Gasteiger charge is -2.47. The number of rotatable bonds is 5. The molecule has 0 unspecified atom stereocenters. The van der Waals surface area contributed by atoms with Crippen molar-refractivity contribution >= 4 is 0 Å². The molecule has 0 bridgehead atoms. The highest BCUT2D eigenvalue weighted by Crippen LogP contribution is 2.34. The van der Waals surface area contributed by atoms with Gasteiger partial charge in [0, 0.05) is 4.91 Å². The topological polar surface area (TPSA) is 238 Å². The van der Waals surface area contributed by atoms with Crippen LogP contribution in [0, 0.1) is 0 Å². The van der Waals surface area contributed by atoms with Crippen molar-refractivity contribution < 1.29 is 55.1 Å². The van der Waals surface area contributed by atoms with Crippen molar-refractivity contribution in [2.45, 2.75) is 61.0 Å². The maximum absolute atomic E-state index is 10.2. The monoisotopic (exact) mass is 383 g/mol. The Morgan fingerprint density at radius 3 is 2.19 bits per heavy atom. The molecule has 0 aromatic rings. The Balaban J connectivity index is 2.22. The SMILES string of the molecule is [N-]=[N+]=N[C@]1(O)[C@@H](CO)O[C@H](O[C@H]2[C@H](O)[C@@H](O)[C@H](O)O[C@@H]2CO)[C@H](O)[C@@H]1O. The predicted octanol–water partition coefficient (Wildman–Crippen LogP) is -4.76. The second-order valence-corrected chi connectivity index (χ2v) is 5.91. The molecule has 2 aliphatic rings. The van der Waals surface area contributed by atoms with Gasteiger partial charge in [0.25, 0.3) is 0 Å². The Morgan fingerprint density at radius 2 is 1.65 bits per heavy atom. The van der Waals surface area contributed by atoms with Crippen LogP contribution in [-0.4, -0.2) is 115 Å². The molecular weight excluding hydrogens is 362 g/mol. The quantitative estimate of drug-likeness (QED) is 0.127. The number of aliphatic hydroxyl groups excluding tert-OH is 7. The fraction of sp³-hybridized carbons (Fsp3) is 1.00. The zero-order chi connectivity index (χ0) is 19.6. The molecular formula is C12H21N3O11. The van der Waals surface area contributed by atoms with Crippen LogP contribution in [0.15, 0.2) is 5.11 Å². The van der Waals surface area contributed by atoms with E-state index in [9.17, 15) is 40.9 Å². The van der Waals surface area contributed by atoms with Crippen molar-refractivity contribution in [2.24, 2.45) is 5.11 Å². The lowest BCUT2D eigenvalue weighted by molar-refractivity contribution is -0.368. The Bertz CT molecular complexity index is 529. The summed E-state index contributed by atoms with van der Waals surface area (Å²) in [4.78, 5) is 2.33. The molecule has 0 radical (unpaired) electrons. The maximum Gasteiger partial charge on any atom is 0.200 e. The Kier molecular flexibility index (Phi) is 6.73. The molecule has 0 spiro atoms. The van der Waals surface area contributed by atoms with E-state index in [0.29, 0.717) is 0 Å². The van der Waals surface area contributed by atoms with Crippen LogP contribution in [0.3, 0.4) is 0 Å². The summed E-state index contributed by atoms with van der Waals surface area (Å²) in [7, 11) is 0. The minimum absolute atomic E-state index is 0.747. The van der Waals surface area contributed by atoms with E-state index in [0.717, 1.165) is 0 Å². The van der Waals surface area contributed by atoms with E-state index in [1.807, 2.05) is 0 Å². The van der Waals surface area contributed by atoms with Gasteiger partial charge < -0.3 is 55.1 Å². The Labute approximate surface area is 146 Å². The van der Waals surface area contributed by atoms with Crippen molar-refractivity contribution in [3.8, 4) is 0 Å². The van der Waals surface area contributed by atoms with Crippen LogP contribution in [0.4, 0.5) is 0 Å². The highest BCUT2D eigenvalue weighted by molar-refractivity contribution is 5.01. The maximum atomic E-state index is 10.2. The number of hydrogen-bond donors (Lipinski definition) is 8. The van der Waals surface area contributed by atoms with Gasteiger partial charge in [0.1, 0.15) is 42.7 Å². The average Bonchev–Trinajstić information content (AvgIpc) is 2.62. The second kappa shape index (κ2) is 8.26. The van der Waals surface area contributed by atoms with Gasteiger partial charge in [-0.3, -0.25) is 0 Å². The van der Waals surface area contributed by atoms with Crippen LogP contribution in [-0.2, 0) is 14.2 Å². The second-order valence-electron chi connectivity index (χ2n) is 5.91. The minimum atomic E-state index is -2.70. The Hall–Kier alpha value is -1.13. The number of nitrogens with zero attached hydrogens (tertiary/aromatic N) is 3. The van der Waals surface area contributed by atoms with Crippen LogP contribution >= 0.6 is 0 Å². The number of hydrogen-bond acceptors (Lipinski definition) is 12. The van der Waals surface area contributed by atoms with Gasteiger partial charge in [0.05, 0.1) is 13.2 Å². The zero-order valence-corrected chi connectivity index (χ0v) is 13.3. The fourth-order valence-electron chi connectivity index (χ4n) is 2.81. The summed E-state index contributed by atoms with van der Waals surface area (Å²) in [5.41, 5.74) is 5.79. The number of ether oxygens (including phenoxy) is 3. The smallest absolute Gasteiger partial charge is 0.200 e. The molecule has 2 rings (SSSR count). The molecule has 0 amide bonds. The lowest BCUT2D eigenvalue weighted by atomic mass is 9.92. The molecule has 0 aromatic carbocycles. The molecule has 2 heterocycles. The first kappa shape index (κ1) is 21.2. The average molecular weight is 383 g/mol. The molecule has 0 aliphatic carbocycles. The summed E-state index contributed by atoms with van der Waals surface area (Å²) in [6, 6.07) is 0. The van der Waals surface area contributed by atoms with Crippen LogP contribution < -0.4 is 0 Å². The summed E-state index contributed by atoms with van der Waals surface area (Å²) in [6.45, 7) is -1.68. The van der Waals surface area contributed by atoms with Crippen LogP contribution in [0.5, 0.6) is 0 Å². The third kappa shape index (κ3) is 3.63. The zero-order valence-electron chi connectivity index (χ0n) is 13.3. The van der Waals surface area contributed by atoms with Gasteiger partial charge in [-0.1, -0.05) is 5.11 Å². The first-order valence-corrected chi connectivity index (χ1v) is 7.58. The molecule has 10 atom stereocenters. The van der Waals surface area contributed by atoms with Gasteiger partial charge in [-0.05, 0) is 5.53 Å². The third-order valence-corrected chi connectivity index (χ3v) is 4.31. The van der Waals surface area contributed by atoms with E-state index in [1.165, 1.54) is 0 Å². The first-order valence-electron chi connectivity index (χ1n) is 7.58. The van der Waals surface area contributed by atoms with E-state index in [-0.39, 0.29) is 0 Å². The van der Waals surface area contributed by atoms with Crippen molar-refractivity contribution in [3.63, 3.8) is 0 Å². The summed E-state index contributed by atoms with van der Waals surface area (Å²) < 4.78 is 15.2. The molecule has 26 heavy (non-hydrogen) atoms. The predicted molar refractivity (Wildman–Crippen MR) is 76.7 cm³/mol. The minimum Gasteiger partial charge on any atom is -0.394 e. The number of aliphatic hydroxyl groups is 8. The van der Waals surface area contributed by atoms with Crippen molar-refractivity contribution in [2.75, 3.05) is 13.2 Å². The van der Waals surface area contributed by atoms with E-state index >= 15 is 0 Å². The molecule has 2 fully saturated rings. The largest absolute Gasteiger partial charge is 0.394 e. The van der Waals surface area contributed by atoms with E-state index < -0.39 is 74.2 Å². The molecule has 2 saturated heterocycles. The Morgan fingerprint density at radius 1 is 1.00 bits per heavy atom. The molecule has 14 nitrogen and oxygen atoms in total. The van der Waals surface area contributed by atoms with Gasteiger partial charge in [-0.15, -0.1) is 0 Å².